The van der Waals surface area contributed by atoms with Crippen LogP contribution in [-0.4, -0.2) is 13.0 Å². The van der Waals surface area contributed by atoms with Gasteiger partial charge in [0.05, 0.1) is 13.2 Å². The van der Waals surface area contributed by atoms with Crippen LogP contribution in [0.15, 0.2) is 30.3 Å². The maximum absolute atomic E-state index is 12.8. The number of amides is 1. The molecule has 0 radical (unpaired) electrons. The molecule has 27 heavy (non-hydrogen) atoms. The van der Waals surface area contributed by atoms with Gasteiger partial charge in [-0.1, -0.05) is 19.9 Å². The van der Waals surface area contributed by atoms with E-state index in [0.29, 0.717) is 5.92 Å². The van der Waals surface area contributed by atoms with Crippen molar-refractivity contribution in [3.8, 4) is 5.75 Å². The zero-order valence-corrected chi connectivity index (χ0v) is 17.2. The van der Waals surface area contributed by atoms with E-state index in [4.69, 9.17) is 4.74 Å². The summed E-state index contributed by atoms with van der Waals surface area (Å²) >= 11 is 0. The molecule has 0 bridgehead atoms. The molecule has 1 amide bonds. The summed E-state index contributed by atoms with van der Waals surface area (Å²) in [6.45, 7) is 8.44. The van der Waals surface area contributed by atoms with Crippen molar-refractivity contribution < 1.29 is 9.53 Å². The van der Waals surface area contributed by atoms with Gasteiger partial charge in [0.15, 0.2) is 0 Å². The molecule has 3 nitrogen and oxygen atoms in total. The average molecular weight is 366 g/mol. The van der Waals surface area contributed by atoms with E-state index in [1.165, 1.54) is 29.5 Å². The van der Waals surface area contributed by atoms with E-state index in [-0.39, 0.29) is 11.9 Å². The number of hydrogen-bond acceptors (Lipinski definition) is 2. The van der Waals surface area contributed by atoms with Crippen molar-refractivity contribution in [3.05, 3.63) is 63.7 Å². The number of methoxy groups -OCH3 is 1. The number of carbonyl (C=O) groups is 1. The minimum absolute atomic E-state index is 0.00260. The first-order valence-electron chi connectivity index (χ1n) is 10.0. The third-order valence-corrected chi connectivity index (χ3v) is 5.67. The summed E-state index contributed by atoms with van der Waals surface area (Å²) in [5.41, 5.74) is 6.95. The maximum atomic E-state index is 12.8. The Hall–Kier alpha value is -2.29. The second kappa shape index (κ2) is 8.16. The second-order valence-electron chi connectivity index (χ2n) is 7.99. The van der Waals surface area contributed by atoms with Crippen LogP contribution in [0.2, 0.25) is 0 Å². The number of fused-ring (bicyclic) bond motifs is 1. The molecule has 3 rings (SSSR count). The van der Waals surface area contributed by atoms with E-state index in [1.807, 2.05) is 6.07 Å². The van der Waals surface area contributed by atoms with Gasteiger partial charge in [0, 0.05) is 5.56 Å². The summed E-state index contributed by atoms with van der Waals surface area (Å²) in [4.78, 5) is 12.8. The molecule has 1 unspecified atom stereocenters. The minimum atomic E-state index is -0.0584. The van der Waals surface area contributed by atoms with Gasteiger partial charge < -0.3 is 10.1 Å². The van der Waals surface area contributed by atoms with Crippen molar-refractivity contribution in [2.75, 3.05) is 7.11 Å². The van der Waals surface area contributed by atoms with Crippen LogP contribution in [0.3, 0.4) is 0 Å². The lowest BCUT2D eigenvalue weighted by atomic mass is 9.90. The van der Waals surface area contributed by atoms with E-state index in [2.05, 4.69) is 57.3 Å². The Balaban J connectivity index is 1.81. The predicted octanol–water partition coefficient (Wildman–Crippen LogP) is 5.50. The van der Waals surface area contributed by atoms with Crippen molar-refractivity contribution in [2.24, 2.45) is 0 Å². The number of ether oxygens (including phenoxy) is 1. The van der Waals surface area contributed by atoms with Gasteiger partial charge in [-0.15, -0.1) is 0 Å². The first kappa shape index (κ1) is 19.5. The van der Waals surface area contributed by atoms with Gasteiger partial charge in [-0.3, -0.25) is 4.79 Å². The fraction of sp³-hybridized carbons (Fsp3) is 0.458. The summed E-state index contributed by atoms with van der Waals surface area (Å²) in [6, 6.07) is 10.4. The molecule has 0 aliphatic heterocycles. The molecule has 3 heteroatoms. The molecule has 0 aromatic heterocycles. The smallest absolute Gasteiger partial charge is 0.251 e. The van der Waals surface area contributed by atoms with E-state index in [9.17, 15) is 4.79 Å². The van der Waals surface area contributed by atoms with Gasteiger partial charge in [-0.05, 0) is 97.5 Å². The van der Waals surface area contributed by atoms with Gasteiger partial charge in [0.2, 0.25) is 0 Å². The monoisotopic (exact) mass is 365 g/mol. The number of carbonyl (C=O) groups excluding carboxylic acids is 1. The number of hydrogen-bond donors (Lipinski definition) is 1. The topological polar surface area (TPSA) is 38.3 Å². The molecule has 1 aliphatic carbocycles. The van der Waals surface area contributed by atoms with Gasteiger partial charge in [0.25, 0.3) is 5.91 Å². The molecule has 1 aliphatic rings. The number of nitrogens with one attached hydrogen (secondary N) is 1. The lowest BCUT2D eigenvalue weighted by molar-refractivity contribution is 0.0939. The molecule has 0 fully saturated rings. The van der Waals surface area contributed by atoms with Crippen molar-refractivity contribution in [1.82, 2.24) is 5.32 Å². The van der Waals surface area contributed by atoms with Gasteiger partial charge in [0.1, 0.15) is 5.75 Å². The summed E-state index contributed by atoms with van der Waals surface area (Å²) in [7, 11) is 1.71. The van der Waals surface area contributed by atoms with Crippen LogP contribution in [0.25, 0.3) is 0 Å². The second-order valence-corrected chi connectivity index (χ2v) is 7.99. The predicted molar refractivity (Wildman–Crippen MR) is 111 cm³/mol. The molecule has 1 atom stereocenters. The summed E-state index contributed by atoms with van der Waals surface area (Å²) in [5.74, 6) is 1.28. The minimum Gasteiger partial charge on any atom is -0.496 e. The Labute approximate surface area is 163 Å². The van der Waals surface area contributed by atoms with Crippen LogP contribution in [0.5, 0.6) is 5.75 Å². The normalized spacial score (nSPS) is 14.6. The zero-order valence-electron chi connectivity index (χ0n) is 17.2. The Morgan fingerprint density at radius 3 is 2.37 bits per heavy atom. The highest BCUT2D eigenvalue weighted by atomic mass is 16.5. The van der Waals surface area contributed by atoms with Crippen LogP contribution in [0, 0.1) is 6.92 Å². The zero-order chi connectivity index (χ0) is 19.6. The van der Waals surface area contributed by atoms with Crippen LogP contribution in [0.1, 0.15) is 83.7 Å². The highest BCUT2D eigenvalue weighted by Crippen LogP contribution is 2.32. The largest absolute Gasteiger partial charge is 0.496 e. The average Bonchev–Trinajstić information content (AvgIpc) is 2.66. The van der Waals surface area contributed by atoms with E-state index in [0.717, 1.165) is 35.3 Å². The van der Waals surface area contributed by atoms with Crippen LogP contribution in [-0.2, 0) is 12.8 Å². The molecule has 1 N–H and O–H groups in total. The number of rotatable bonds is 5. The Bertz CT molecular complexity index is 839. The maximum Gasteiger partial charge on any atom is 0.251 e. The van der Waals surface area contributed by atoms with E-state index < -0.39 is 0 Å². The highest BCUT2D eigenvalue weighted by Gasteiger charge is 2.18. The quantitative estimate of drug-likeness (QED) is 0.760. The Morgan fingerprint density at radius 2 is 1.70 bits per heavy atom. The fourth-order valence-corrected chi connectivity index (χ4v) is 4.04. The summed E-state index contributed by atoms with van der Waals surface area (Å²) in [5, 5.41) is 3.18. The standard InChI is InChI=1S/C24H31NO2/c1-15(2)21-14-22(16(3)12-23(21)27-5)17(4)25-24(26)20-11-10-18-8-6-7-9-19(18)13-20/h10-15,17H,6-9H2,1-5H3,(H,25,26). The summed E-state index contributed by atoms with van der Waals surface area (Å²) in [6.07, 6.45) is 4.69. The Kier molecular flexibility index (Phi) is 5.88. The van der Waals surface area contributed by atoms with Crippen molar-refractivity contribution >= 4 is 5.91 Å². The molecule has 0 saturated heterocycles. The lowest BCUT2D eigenvalue weighted by Crippen LogP contribution is -2.27. The molecular formula is C24H31NO2. The molecule has 0 heterocycles. The molecule has 0 saturated carbocycles. The first-order valence-corrected chi connectivity index (χ1v) is 10.0. The van der Waals surface area contributed by atoms with Gasteiger partial charge in [-0.2, -0.15) is 0 Å². The Morgan fingerprint density at radius 1 is 1.00 bits per heavy atom. The first-order chi connectivity index (χ1) is 12.9. The van der Waals surface area contributed by atoms with Crippen LogP contribution in [0.4, 0.5) is 0 Å². The van der Waals surface area contributed by atoms with Gasteiger partial charge >= 0.3 is 0 Å². The number of benzene rings is 2. The molecule has 144 valence electrons. The van der Waals surface area contributed by atoms with Crippen molar-refractivity contribution in [2.45, 2.75) is 65.3 Å². The van der Waals surface area contributed by atoms with Crippen LogP contribution < -0.4 is 10.1 Å². The highest BCUT2D eigenvalue weighted by molar-refractivity contribution is 5.94. The molecular weight excluding hydrogens is 334 g/mol. The number of aryl methyl sites for hydroxylation is 3. The third-order valence-electron chi connectivity index (χ3n) is 5.67. The van der Waals surface area contributed by atoms with Crippen LogP contribution >= 0.6 is 0 Å². The molecule has 0 spiro atoms. The van der Waals surface area contributed by atoms with Crippen molar-refractivity contribution in [3.63, 3.8) is 0 Å². The van der Waals surface area contributed by atoms with E-state index >= 15 is 0 Å². The van der Waals surface area contributed by atoms with E-state index in [1.54, 1.807) is 7.11 Å². The molecule has 2 aromatic rings. The third kappa shape index (κ3) is 4.18. The lowest BCUT2D eigenvalue weighted by Gasteiger charge is -2.21. The van der Waals surface area contributed by atoms with Crippen molar-refractivity contribution in [1.29, 1.82) is 0 Å². The SMILES string of the molecule is COc1cc(C)c(C(C)NC(=O)c2ccc3c(c2)CCCC3)cc1C(C)C. The van der Waals surface area contributed by atoms with Gasteiger partial charge in [-0.25, -0.2) is 0 Å². The molecule has 2 aromatic carbocycles. The fourth-order valence-electron chi connectivity index (χ4n) is 4.04. The summed E-state index contributed by atoms with van der Waals surface area (Å²) < 4.78 is 5.54.